The zero-order chi connectivity index (χ0) is 20.2. The first kappa shape index (κ1) is 37.1. The summed E-state index contributed by atoms with van der Waals surface area (Å²) >= 11 is 0. The molecule has 0 fully saturated rings. The van der Waals surface area contributed by atoms with Crippen LogP contribution in [0.15, 0.2) is 0 Å². The van der Waals surface area contributed by atoms with Gasteiger partial charge in [-0.2, -0.15) is 26.3 Å². The van der Waals surface area contributed by atoms with Crippen LogP contribution in [0.1, 0.15) is 13.8 Å². The Morgan fingerprint density at radius 3 is 1.35 bits per heavy atom. The Balaban J connectivity index is -0.0000000759. The van der Waals surface area contributed by atoms with Crippen molar-refractivity contribution in [2.45, 2.75) is 20.0 Å². The van der Waals surface area contributed by atoms with Gasteiger partial charge in [0.15, 0.2) is 0 Å². The van der Waals surface area contributed by atoms with Crippen LogP contribution in [0.2, 0.25) is 0 Å². The van der Waals surface area contributed by atoms with Gasteiger partial charge in [-0.1, -0.05) is 13.8 Å². The normalized spacial score (nSPS) is 9.00. The van der Waals surface area contributed by atoms with Crippen LogP contribution >= 0.6 is 0 Å². The van der Waals surface area contributed by atoms with Gasteiger partial charge in [0.2, 0.25) is 0 Å². The van der Waals surface area contributed by atoms with Crippen LogP contribution in [0.3, 0.4) is 0 Å². The Bertz CT molecular complexity index is 150. The predicted molar refractivity (Wildman–Crippen MR) is 96.0 cm³/mol. The Morgan fingerprint density at radius 2 is 1.12 bits per heavy atom. The van der Waals surface area contributed by atoms with Gasteiger partial charge in [0.25, 0.3) is 0 Å². The summed E-state index contributed by atoms with van der Waals surface area (Å²) in [5.41, 5.74) is 15.3. The van der Waals surface area contributed by atoms with Crippen molar-refractivity contribution in [1.29, 1.82) is 0 Å². The monoisotopic (exact) mass is 414 g/mol. The van der Waals surface area contributed by atoms with E-state index in [0.29, 0.717) is 52.4 Å². The van der Waals surface area contributed by atoms with Crippen molar-refractivity contribution >= 4 is 0 Å². The number of hydrogen-bond acceptors (Lipinski definition) is 8. The Hall–Kier alpha value is 0.314. The Morgan fingerprint density at radius 1 is 0.731 bits per heavy atom. The van der Waals surface area contributed by atoms with Crippen molar-refractivity contribution in [3.05, 3.63) is 10.6 Å². The molecule has 0 heterocycles. The van der Waals surface area contributed by atoms with Gasteiger partial charge >= 0.3 is 21.7 Å². The molecule has 0 bridgehead atoms. The predicted octanol–water partition coefficient (Wildman–Crippen LogP) is -4.99. The summed E-state index contributed by atoms with van der Waals surface area (Å²) in [5.74, 6) is 0. The van der Waals surface area contributed by atoms with E-state index in [1.165, 1.54) is 0 Å². The van der Waals surface area contributed by atoms with E-state index < -0.39 is 6.10 Å². The summed E-state index contributed by atoms with van der Waals surface area (Å²) in [4.78, 5) is 0. The molecule has 0 aliphatic rings. The molecule has 0 radical (unpaired) electrons. The third kappa shape index (κ3) is 87.2. The van der Waals surface area contributed by atoms with Crippen LogP contribution < -0.4 is 42.9 Å². The minimum atomic E-state index is -0.417. The molecule has 0 aliphatic heterocycles. The molecule has 158 valence electrons. The molecule has 0 saturated carbocycles. The maximum absolute atomic E-state index is 9.70. The van der Waals surface area contributed by atoms with E-state index in [4.69, 9.17) is 17.2 Å². The topological polar surface area (TPSA) is 211 Å². The molecule has 10 nitrogen and oxygen atoms in total. The molecule has 0 amide bonds. The van der Waals surface area contributed by atoms with Crippen molar-refractivity contribution in [2.75, 3.05) is 78.7 Å². The minimum absolute atomic E-state index is 0. The zero-order valence-electron chi connectivity index (χ0n) is 16.3. The van der Waals surface area contributed by atoms with Gasteiger partial charge in [-0.15, -0.1) is 25.8 Å². The molecule has 0 aliphatic carbocycles. The molecule has 0 saturated heterocycles. The number of nitrogens with one attached hydrogen (secondary N) is 1. The van der Waals surface area contributed by atoms with Crippen LogP contribution in [-0.4, -0.2) is 84.8 Å². The van der Waals surface area contributed by atoms with E-state index in [1.54, 1.807) is 13.8 Å². The molecule has 26 heavy (non-hydrogen) atoms. The zero-order valence-corrected chi connectivity index (χ0v) is 17.9. The summed E-state index contributed by atoms with van der Waals surface area (Å²) in [6.45, 7) is 8.04. The largest absolute Gasteiger partial charge is 4.00 e. The fourth-order valence-electron chi connectivity index (χ4n) is 0.835. The van der Waals surface area contributed by atoms with Crippen molar-refractivity contribution in [3.8, 4) is 0 Å². The molecule has 0 rings (SSSR count). The van der Waals surface area contributed by atoms with Crippen LogP contribution in [0.5, 0.6) is 0 Å². The molecule has 0 unspecified atom stereocenters. The summed E-state index contributed by atoms with van der Waals surface area (Å²) < 4.78 is 0. The van der Waals surface area contributed by atoms with Crippen molar-refractivity contribution in [1.82, 2.24) is 5.32 Å². The maximum atomic E-state index is 9.70. The summed E-state index contributed by atoms with van der Waals surface area (Å²) in [6.07, 6.45) is -0.417. The molecule has 0 atom stereocenters. The van der Waals surface area contributed by atoms with Gasteiger partial charge in [0.1, 0.15) is 0 Å². The third-order valence-electron chi connectivity index (χ3n) is 1.67. The summed E-state index contributed by atoms with van der Waals surface area (Å²) in [6, 6.07) is 0. The summed E-state index contributed by atoms with van der Waals surface area (Å²) in [7, 11) is 0. The fourth-order valence-corrected chi connectivity index (χ4v) is 0.835. The number of nitrogens with zero attached hydrogens (tertiary/aromatic N) is 2. The Labute approximate surface area is 174 Å². The van der Waals surface area contributed by atoms with E-state index in [9.17, 15) is 20.4 Å². The third-order valence-corrected chi connectivity index (χ3v) is 1.67. The second-order valence-corrected chi connectivity index (χ2v) is 4.62. The minimum Gasteiger partial charge on any atom is -0.856 e. The van der Waals surface area contributed by atoms with E-state index in [0.717, 1.165) is 6.54 Å². The fraction of sp³-hybridized carbons (Fsp3) is 1.00. The van der Waals surface area contributed by atoms with Crippen molar-refractivity contribution in [2.24, 2.45) is 17.2 Å². The van der Waals surface area contributed by atoms with E-state index in [2.05, 4.69) is 16.0 Å². The average Bonchev–Trinajstić information content (AvgIpc) is 2.57. The molecule has 11 heteroatoms. The maximum Gasteiger partial charge on any atom is 4.00 e. The second kappa shape index (κ2) is 44.6. The first-order valence-corrected chi connectivity index (χ1v) is 8.45. The van der Waals surface area contributed by atoms with Gasteiger partial charge < -0.3 is 53.6 Å². The van der Waals surface area contributed by atoms with Crippen molar-refractivity contribution in [3.63, 3.8) is 0 Å². The second-order valence-electron chi connectivity index (χ2n) is 4.62. The standard InChI is InChI=1S/C4H11N2O.2C4H10N2O.C3H7O.Ti/c3*5-1-2-6-3-4-7;1-3(2)4;/h6H,1-5H2;2*1-5H2;3H,1-2H3;/q-1;2*-2;-1;+4. The van der Waals surface area contributed by atoms with E-state index >= 15 is 0 Å². The van der Waals surface area contributed by atoms with Crippen LogP contribution in [0.4, 0.5) is 0 Å². The first-order chi connectivity index (χ1) is 12.0. The van der Waals surface area contributed by atoms with Gasteiger partial charge in [0, 0.05) is 13.1 Å². The number of hydrogen-bond donors (Lipinski definition) is 4. The molecular formula is C15H38N6O4Ti-2. The van der Waals surface area contributed by atoms with E-state index in [1.807, 2.05) is 0 Å². The molecule has 0 spiro atoms. The molecule has 0 aromatic heterocycles. The van der Waals surface area contributed by atoms with Crippen LogP contribution in [0.25, 0.3) is 10.6 Å². The average molecular weight is 414 g/mol. The van der Waals surface area contributed by atoms with Crippen LogP contribution in [0, 0.1) is 0 Å². The summed E-state index contributed by atoms with van der Waals surface area (Å²) in [5, 5.41) is 49.0. The molecular weight excluding hydrogens is 376 g/mol. The van der Waals surface area contributed by atoms with Gasteiger partial charge in [-0.3, -0.25) is 0 Å². The Kier molecular flexibility index (Phi) is 63.7. The smallest absolute Gasteiger partial charge is 0.856 e. The number of nitrogens with two attached hydrogens (primary N) is 3. The SMILES string of the molecule is CC(C)[O-].NCCNCC[O-].NCC[N-]CC[O-].NCC[N-]CC[O-].[Ti+4]. The van der Waals surface area contributed by atoms with E-state index in [-0.39, 0.29) is 41.5 Å². The quantitative estimate of drug-likeness (QED) is 0.179. The first-order valence-electron chi connectivity index (χ1n) is 8.45. The molecule has 7 N–H and O–H groups in total. The van der Waals surface area contributed by atoms with Gasteiger partial charge in [0.05, 0.1) is 0 Å². The van der Waals surface area contributed by atoms with Crippen molar-refractivity contribution < 1.29 is 42.1 Å². The van der Waals surface area contributed by atoms with Crippen LogP contribution in [-0.2, 0) is 21.7 Å². The van der Waals surface area contributed by atoms with Gasteiger partial charge in [-0.05, 0) is 19.6 Å². The molecule has 0 aromatic carbocycles. The number of rotatable bonds is 12. The molecule has 0 aromatic rings. The van der Waals surface area contributed by atoms with Gasteiger partial charge in [-0.25, -0.2) is 0 Å².